The number of hydrogen-bond acceptors (Lipinski definition) is 5. The summed E-state index contributed by atoms with van der Waals surface area (Å²) in [4.78, 5) is 7.29. The smallest absolute Gasteiger partial charge is 0.187 e. The van der Waals surface area contributed by atoms with Gasteiger partial charge in [0, 0.05) is 20.2 Å². The average Bonchev–Trinajstić information content (AvgIpc) is 2.71. The molecule has 1 aliphatic heterocycles. The molecule has 0 spiro atoms. The summed E-state index contributed by atoms with van der Waals surface area (Å²) in [5, 5.41) is 10.5. The molecule has 96 valence electrons. The summed E-state index contributed by atoms with van der Waals surface area (Å²) in [6, 6.07) is 0. The Hall–Kier alpha value is -0.360. The van der Waals surface area contributed by atoms with Gasteiger partial charge in [-0.05, 0) is 18.8 Å². The molecular formula is C11H17ClN2O2S. The second-order valence-corrected chi connectivity index (χ2v) is 5.70. The van der Waals surface area contributed by atoms with Crippen LogP contribution in [-0.2, 0) is 11.3 Å². The SMILES string of the molecule is COCC1CCCN(c2nc(Cl)c(CO)s2)C1. The fraction of sp³-hybridized carbons (Fsp3) is 0.727. The number of rotatable bonds is 4. The first kappa shape index (κ1) is 13.1. The van der Waals surface area contributed by atoms with E-state index in [4.69, 9.17) is 21.4 Å². The molecule has 0 radical (unpaired) electrons. The van der Waals surface area contributed by atoms with Crippen molar-refractivity contribution >= 4 is 28.1 Å². The van der Waals surface area contributed by atoms with Crippen LogP contribution in [0.4, 0.5) is 5.13 Å². The minimum atomic E-state index is -0.0359. The van der Waals surface area contributed by atoms with E-state index in [1.54, 1.807) is 7.11 Å². The molecule has 17 heavy (non-hydrogen) atoms. The van der Waals surface area contributed by atoms with Gasteiger partial charge in [-0.3, -0.25) is 0 Å². The summed E-state index contributed by atoms with van der Waals surface area (Å²) in [6.45, 7) is 2.73. The maximum atomic E-state index is 9.11. The van der Waals surface area contributed by atoms with Crippen molar-refractivity contribution in [1.82, 2.24) is 4.98 Å². The van der Waals surface area contributed by atoms with Crippen molar-refractivity contribution in [2.45, 2.75) is 19.4 Å². The van der Waals surface area contributed by atoms with Crippen molar-refractivity contribution in [3.8, 4) is 0 Å². The summed E-state index contributed by atoms with van der Waals surface area (Å²) in [5.41, 5.74) is 0. The Morgan fingerprint density at radius 1 is 1.65 bits per heavy atom. The molecule has 1 aromatic heterocycles. The lowest BCUT2D eigenvalue weighted by atomic mass is 9.99. The molecule has 4 nitrogen and oxygen atoms in total. The molecule has 1 unspecified atom stereocenters. The number of halogens is 1. The highest BCUT2D eigenvalue weighted by Crippen LogP contribution is 2.32. The lowest BCUT2D eigenvalue weighted by Gasteiger charge is -2.32. The van der Waals surface area contributed by atoms with Gasteiger partial charge in [-0.1, -0.05) is 22.9 Å². The number of aromatic nitrogens is 1. The van der Waals surface area contributed by atoms with Gasteiger partial charge in [-0.2, -0.15) is 0 Å². The Morgan fingerprint density at radius 2 is 2.47 bits per heavy atom. The van der Waals surface area contributed by atoms with Crippen LogP contribution in [0.15, 0.2) is 0 Å². The summed E-state index contributed by atoms with van der Waals surface area (Å²) in [5.74, 6) is 0.564. The van der Waals surface area contributed by atoms with Gasteiger partial charge in [0.25, 0.3) is 0 Å². The van der Waals surface area contributed by atoms with E-state index in [1.807, 2.05) is 0 Å². The first-order valence-electron chi connectivity index (χ1n) is 5.74. The maximum absolute atomic E-state index is 9.11. The van der Waals surface area contributed by atoms with Crippen LogP contribution in [0, 0.1) is 5.92 Å². The van der Waals surface area contributed by atoms with Crippen molar-refractivity contribution in [2.75, 3.05) is 31.7 Å². The number of nitrogens with zero attached hydrogens (tertiary/aromatic N) is 2. The highest BCUT2D eigenvalue weighted by molar-refractivity contribution is 7.16. The fourth-order valence-corrected chi connectivity index (χ4v) is 3.32. The molecule has 2 heterocycles. The Balaban J connectivity index is 2.05. The maximum Gasteiger partial charge on any atom is 0.187 e. The molecule has 0 aromatic carbocycles. The van der Waals surface area contributed by atoms with Crippen LogP contribution in [0.25, 0.3) is 0 Å². The van der Waals surface area contributed by atoms with E-state index >= 15 is 0 Å². The van der Waals surface area contributed by atoms with E-state index in [9.17, 15) is 0 Å². The predicted octanol–water partition coefficient (Wildman–Crippen LogP) is 2.15. The number of piperidine rings is 1. The summed E-state index contributed by atoms with van der Waals surface area (Å²) in [6.07, 6.45) is 2.36. The number of thiazole rings is 1. The van der Waals surface area contributed by atoms with Crippen LogP contribution in [0.3, 0.4) is 0 Å². The Labute approximate surface area is 110 Å². The number of methoxy groups -OCH3 is 1. The van der Waals surface area contributed by atoms with Crippen molar-refractivity contribution in [3.05, 3.63) is 10.0 Å². The zero-order valence-electron chi connectivity index (χ0n) is 9.86. The molecule has 1 fully saturated rings. The second kappa shape index (κ2) is 6.00. The molecular weight excluding hydrogens is 260 g/mol. The topological polar surface area (TPSA) is 45.6 Å². The molecule has 0 amide bonds. The number of hydrogen-bond donors (Lipinski definition) is 1. The molecule has 0 saturated carbocycles. The standard InChI is InChI=1S/C11H17ClN2O2S/c1-16-7-8-3-2-4-14(5-8)11-13-10(12)9(6-15)17-11/h8,15H,2-7H2,1H3. The zero-order valence-corrected chi connectivity index (χ0v) is 11.4. The summed E-state index contributed by atoms with van der Waals surface area (Å²) >= 11 is 7.43. The summed E-state index contributed by atoms with van der Waals surface area (Å²) < 4.78 is 5.21. The van der Waals surface area contributed by atoms with Gasteiger partial charge in [-0.25, -0.2) is 4.98 Å². The van der Waals surface area contributed by atoms with Gasteiger partial charge in [0.2, 0.25) is 0 Å². The molecule has 2 rings (SSSR count). The van der Waals surface area contributed by atoms with Crippen LogP contribution < -0.4 is 4.90 Å². The van der Waals surface area contributed by atoms with Gasteiger partial charge in [0.15, 0.2) is 5.13 Å². The Morgan fingerprint density at radius 3 is 3.12 bits per heavy atom. The predicted molar refractivity (Wildman–Crippen MR) is 69.9 cm³/mol. The van der Waals surface area contributed by atoms with E-state index in [2.05, 4.69) is 9.88 Å². The van der Waals surface area contributed by atoms with Crippen LogP contribution in [-0.4, -0.2) is 36.9 Å². The van der Waals surface area contributed by atoms with Gasteiger partial charge in [0.1, 0.15) is 5.15 Å². The normalized spacial score (nSPS) is 20.9. The van der Waals surface area contributed by atoms with E-state index in [1.165, 1.54) is 17.8 Å². The van der Waals surface area contributed by atoms with Crippen LogP contribution in [0.5, 0.6) is 0 Å². The third-order valence-corrected chi connectivity index (χ3v) is 4.50. The third kappa shape index (κ3) is 3.10. The summed E-state index contributed by atoms with van der Waals surface area (Å²) in [7, 11) is 1.74. The molecule has 0 aliphatic carbocycles. The van der Waals surface area contributed by atoms with Crippen LogP contribution in [0.2, 0.25) is 5.15 Å². The second-order valence-electron chi connectivity index (χ2n) is 4.28. The number of aliphatic hydroxyl groups is 1. The largest absolute Gasteiger partial charge is 0.391 e. The van der Waals surface area contributed by atoms with E-state index in [-0.39, 0.29) is 6.61 Å². The monoisotopic (exact) mass is 276 g/mol. The van der Waals surface area contributed by atoms with Gasteiger partial charge < -0.3 is 14.7 Å². The Bertz CT molecular complexity index is 370. The fourth-order valence-electron chi connectivity index (χ4n) is 2.16. The molecule has 0 bridgehead atoms. The molecule has 1 aliphatic rings. The Kier molecular flexibility index (Phi) is 4.62. The third-order valence-electron chi connectivity index (χ3n) is 2.97. The van der Waals surface area contributed by atoms with Crippen molar-refractivity contribution in [2.24, 2.45) is 5.92 Å². The number of ether oxygens (including phenoxy) is 1. The minimum absolute atomic E-state index is 0.0359. The first-order chi connectivity index (χ1) is 8.24. The average molecular weight is 277 g/mol. The van der Waals surface area contributed by atoms with Crippen molar-refractivity contribution in [3.63, 3.8) is 0 Å². The molecule has 6 heteroatoms. The van der Waals surface area contributed by atoms with E-state index in [0.29, 0.717) is 11.1 Å². The first-order valence-corrected chi connectivity index (χ1v) is 6.94. The highest BCUT2D eigenvalue weighted by atomic mass is 35.5. The lowest BCUT2D eigenvalue weighted by Crippen LogP contribution is -2.37. The van der Waals surface area contributed by atoms with Crippen molar-refractivity contribution in [1.29, 1.82) is 0 Å². The van der Waals surface area contributed by atoms with Gasteiger partial charge in [0.05, 0.1) is 18.1 Å². The van der Waals surface area contributed by atoms with E-state index < -0.39 is 0 Å². The van der Waals surface area contributed by atoms with Crippen LogP contribution in [0.1, 0.15) is 17.7 Å². The molecule has 1 aromatic rings. The number of aliphatic hydroxyl groups excluding tert-OH is 1. The molecule has 1 N–H and O–H groups in total. The minimum Gasteiger partial charge on any atom is -0.391 e. The van der Waals surface area contributed by atoms with E-state index in [0.717, 1.165) is 36.1 Å². The van der Waals surface area contributed by atoms with Crippen LogP contribution >= 0.6 is 22.9 Å². The highest BCUT2D eigenvalue weighted by Gasteiger charge is 2.23. The number of anilines is 1. The molecule has 1 saturated heterocycles. The van der Waals surface area contributed by atoms with Gasteiger partial charge >= 0.3 is 0 Å². The van der Waals surface area contributed by atoms with Gasteiger partial charge in [-0.15, -0.1) is 0 Å². The quantitative estimate of drug-likeness (QED) is 0.915. The zero-order chi connectivity index (χ0) is 12.3. The molecule has 1 atom stereocenters. The lowest BCUT2D eigenvalue weighted by molar-refractivity contribution is 0.143. The van der Waals surface area contributed by atoms with Crippen molar-refractivity contribution < 1.29 is 9.84 Å².